The molecule has 16 nitrogen and oxygen atoms in total. The fourth-order valence-electron chi connectivity index (χ4n) is 8.50. The minimum Gasteiger partial charge on any atom is -0.480 e. The largest absolute Gasteiger partial charge is 0.480 e. The second-order valence-corrected chi connectivity index (χ2v) is 22.1. The summed E-state index contributed by atoms with van der Waals surface area (Å²) in [6, 6.07) is -1.09. The lowest BCUT2D eigenvalue weighted by molar-refractivity contribution is -0.142. The maximum Gasteiger partial charge on any atom is 0.326 e. The molecule has 0 saturated carbocycles. The molecule has 1 aliphatic rings. The van der Waals surface area contributed by atoms with Gasteiger partial charge in [0.1, 0.15) is 42.4 Å². The Kier molecular flexibility index (Phi) is 44.4. The second-order valence-electron chi connectivity index (χ2n) is 19.6. The lowest BCUT2D eigenvalue weighted by Crippen LogP contribution is -2.41. The fourth-order valence-corrected chi connectivity index (χ4v) is 11.3. The number of carbonyl (C=O) groups is 8. The zero-order valence-electron chi connectivity index (χ0n) is 45.3. The first-order valence-electron chi connectivity index (χ1n) is 28.1. The SMILES string of the molecule is CCCCCCCCCCCCCCCCCC(=O)NC(CCC(=O)CCCOCCOCC(=O)NCCOCCOCC(=O)NCCCC[C@H](CC)C(=O)CC[C@H]1CSSC[C@@H](C(C)=O)CCC1=O)C(=O)O. The topological polar surface area (TPSA) is 230 Å². The van der Waals surface area contributed by atoms with Crippen molar-refractivity contribution in [2.24, 2.45) is 17.8 Å². The number of unbranched alkanes of at least 4 members (excludes halogenated alkanes) is 15. The number of carboxylic acids is 1. The number of aliphatic carboxylic acids is 1. The maximum absolute atomic E-state index is 13.0. The number of Topliss-reactive ketones (excluding diaryl/α,β-unsaturated/α-hetero) is 4. The standard InChI is InChI=1S/C55H97N3O13S2/c1-4-6-7-8-9-10-11-12-13-14-15-16-17-18-19-25-52(63)58-49(55(66)67)29-28-48(60)24-22-34-68-36-38-70-41-54(65)57-33-35-69-37-39-71-40-53(64)56-32-21-20-23-45(5-2)50(61)31-27-47-43-73-72-42-46(44(3)59)26-30-51(47)62/h45-47,49H,4-43H2,1-3H3,(H,56,64)(H,57,65)(H,58,63)(H,66,67)/t45-,46-,47-,49?/m0/s1. The van der Waals surface area contributed by atoms with Gasteiger partial charge >= 0.3 is 5.97 Å². The molecule has 1 heterocycles. The van der Waals surface area contributed by atoms with Gasteiger partial charge in [0.15, 0.2) is 0 Å². The van der Waals surface area contributed by atoms with Crippen LogP contribution in [0.15, 0.2) is 0 Å². The molecule has 1 aliphatic heterocycles. The quantitative estimate of drug-likeness (QED) is 0.0329. The third kappa shape index (κ3) is 40.1. The van der Waals surface area contributed by atoms with Gasteiger partial charge in [-0.15, -0.1) is 0 Å². The number of rotatable bonds is 49. The third-order valence-corrected chi connectivity index (χ3v) is 15.8. The molecule has 1 saturated heterocycles. The molecule has 0 bridgehead atoms. The van der Waals surface area contributed by atoms with Crippen molar-refractivity contribution in [3.05, 3.63) is 0 Å². The van der Waals surface area contributed by atoms with Crippen molar-refractivity contribution < 1.29 is 62.4 Å². The Morgan fingerprint density at radius 1 is 0.589 bits per heavy atom. The fraction of sp³-hybridized carbons (Fsp3) is 0.855. The molecule has 73 heavy (non-hydrogen) atoms. The summed E-state index contributed by atoms with van der Waals surface area (Å²) in [5, 5.41) is 17.7. The number of ether oxygens (including phenoxy) is 4. The van der Waals surface area contributed by atoms with E-state index in [9.17, 15) is 43.5 Å². The van der Waals surface area contributed by atoms with E-state index in [-0.39, 0.29) is 137 Å². The Morgan fingerprint density at radius 2 is 1.15 bits per heavy atom. The molecule has 0 aromatic carbocycles. The number of ketones is 4. The Hall–Kier alpha value is -2.90. The lowest BCUT2D eigenvalue weighted by Gasteiger charge is -2.17. The van der Waals surface area contributed by atoms with Gasteiger partial charge in [-0.1, -0.05) is 132 Å². The first-order chi connectivity index (χ1) is 35.4. The zero-order chi connectivity index (χ0) is 53.6. The maximum atomic E-state index is 13.0. The van der Waals surface area contributed by atoms with Crippen molar-refractivity contribution in [2.75, 3.05) is 77.5 Å². The van der Waals surface area contributed by atoms with E-state index in [1.807, 2.05) is 6.92 Å². The Morgan fingerprint density at radius 3 is 1.74 bits per heavy atom. The van der Waals surface area contributed by atoms with Crippen LogP contribution in [0.4, 0.5) is 0 Å². The van der Waals surface area contributed by atoms with Crippen LogP contribution in [0, 0.1) is 17.8 Å². The predicted molar refractivity (Wildman–Crippen MR) is 291 cm³/mol. The minimum absolute atomic E-state index is 0.0485. The summed E-state index contributed by atoms with van der Waals surface area (Å²) in [4.78, 5) is 98.3. The zero-order valence-corrected chi connectivity index (χ0v) is 46.9. The van der Waals surface area contributed by atoms with Crippen LogP contribution in [0.1, 0.15) is 201 Å². The predicted octanol–water partition coefficient (Wildman–Crippen LogP) is 9.36. The summed E-state index contributed by atoms with van der Waals surface area (Å²) in [5.74, 6) is -0.455. The number of hydrogen-bond acceptors (Lipinski definition) is 14. The molecule has 4 atom stereocenters. The molecule has 0 radical (unpaired) electrons. The molecule has 18 heteroatoms. The number of amides is 3. The van der Waals surface area contributed by atoms with Crippen molar-refractivity contribution in [1.82, 2.24) is 16.0 Å². The summed E-state index contributed by atoms with van der Waals surface area (Å²) >= 11 is 0. The van der Waals surface area contributed by atoms with E-state index in [0.717, 1.165) is 50.7 Å². The molecule has 422 valence electrons. The number of carbonyl (C=O) groups excluding carboxylic acids is 7. The van der Waals surface area contributed by atoms with Crippen LogP contribution in [0.25, 0.3) is 0 Å². The van der Waals surface area contributed by atoms with E-state index in [0.29, 0.717) is 51.0 Å². The van der Waals surface area contributed by atoms with Gasteiger partial charge in [-0.2, -0.15) is 0 Å². The van der Waals surface area contributed by atoms with Crippen LogP contribution >= 0.6 is 21.6 Å². The highest BCUT2D eigenvalue weighted by molar-refractivity contribution is 8.76. The van der Waals surface area contributed by atoms with Gasteiger partial charge < -0.3 is 40.0 Å². The van der Waals surface area contributed by atoms with Gasteiger partial charge in [0.2, 0.25) is 17.7 Å². The van der Waals surface area contributed by atoms with Crippen LogP contribution in [0.2, 0.25) is 0 Å². The van der Waals surface area contributed by atoms with Crippen LogP contribution in [0.5, 0.6) is 0 Å². The molecule has 4 N–H and O–H groups in total. The van der Waals surface area contributed by atoms with Crippen molar-refractivity contribution in [3.63, 3.8) is 0 Å². The molecule has 1 rings (SSSR count). The van der Waals surface area contributed by atoms with Crippen LogP contribution < -0.4 is 16.0 Å². The normalized spacial score (nSPS) is 15.9. The van der Waals surface area contributed by atoms with E-state index in [4.69, 9.17) is 18.9 Å². The van der Waals surface area contributed by atoms with Gasteiger partial charge in [-0.3, -0.25) is 33.6 Å². The van der Waals surface area contributed by atoms with Crippen molar-refractivity contribution in [3.8, 4) is 0 Å². The molecule has 3 amide bonds. The smallest absolute Gasteiger partial charge is 0.326 e. The average molecular weight is 1070 g/mol. The highest BCUT2D eigenvalue weighted by Gasteiger charge is 2.26. The molecule has 0 aliphatic carbocycles. The second kappa shape index (κ2) is 47.5. The molecule has 1 fully saturated rings. The van der Waals surface area contributed by atoms with Gasteiger partial charge in [-0.25, -0.2) is 4.79 Å². The lowest BCUT2D eigenvalue weighted by atomic mass is 9.88. The number of hydrogen-bond donors (Lipinski definition) is 4. The number of carboxylic acid groups (broad SMARTS) is 1. The summed E-state index contributed by atoms with van der Waals surface area (Å²) in [6.07, 6.45) is 24.6. The molecule has 1 unspecified atom stereocenters. The molecular formula is C55H97N3O13S2. The molecule has 0 aromatic rings. The van der Waals surface area contributed by atoms with Crippen molar-refractivity contribution >= 4 is 68.4 Å². The Bertz CT molecular complexity index is 1520. The van der Waals surface area contributed by atoms with Gasteiger partial charge in [-0.05, 0) is 58.3 Å². The van der Waals surface area contributed by atoms with Gasteiger partial charge in [0.05, 0.1) is 33.0 Å². The van der Waals surface area contributed by atoms with Crippen LogP contribution in [-0.4, -0.2) is 135 Å². The van der Waals surface area contributed by atoms with Gasteiger partial charge in [0.25, 0.3) is 0 Å². The Balaban J connectivity index is 1.96. The summed E-state index contributed by atoms with van der Waals surface area (Å²) in [6.45, 7) is 7.84. The molecule has 0 aromatic heterocycles. The van der Waals surface area contributed by atoms with Crippen LogP contribution in [0.3, 0.4) is 0 Å². The molecular weight excluding hydrogens is 975 g/mol. The average Bonchev–Trinajstić information content (AvgIpc) is 3.45. The van der Waals surface area contributed by atoms with E-state index < -0.39 is 12.0 Å². The van der Waals surface area contributed by atoms with Gasteiger partial charge in [0, 0.05) is 81.1 Å². The first-order valence-corrected chi connectivity index (χ1v) is 30.5. The highest BCUT2D eigenvalue weighted by Crippen LogP contribution is 2.33. The summed E-state index contributed by atoms with van der Waals surface area (Å²) in [7, 11) is 3.28. The van der Waals surface area contributed by atoms with Crippen LogP contribution in [-0.2, 0) is 57.3 Å². The third-order valence-electron chi connectivity index (χ3n) is 13.3. The molecule has 0 spiro atoms. The number of nitrogens with one attached hydrogen (secondary N) is 3. The van der Waals surface area contributed by atoms with Crippen molar-refractivity contribution in [1.29, 1.82) is 0 Å². The van der Waals surface area contributed by atoms with E-state index in [2.05, 4.69) is 22.9 Å². The monoisotopic (exact) mass is 1070 g/mol. The first kappa shape index (κ1) is 68.1. The van der Waals surface area contributed by atoms with Crippen molar-refractivity contribution in [2.45, 2.75) is 207 Å². The van der Waals surface area contributed by atoms with E-state index >= 15 is 0 Å². The van der Waals surface area contributed by atoms with E-state index in [1.165, 1.54) is 77.0 Å². The Labute approximate surface area is 446 Å². The minimum atomic E-state index is -1.14. The van der Waals surface area contributed by atoms with E-state index in [1.54, 1.807) is 28.5 Å². The summed E-state index contributed by atoms with van der Waals surface area (Å²) in [5.41, 5.74) is 0. The summed E-state index contributed by atoms with van der Waals surface area (Å²) < 4.78 is 21.7. The highest BCUT2D eigenvalue weighted by atomic mass is 33.1.